The number of nitrogens with one attached hydrogen (secondary N) is 1. The highest BCUT2D eigenvalue weighted by atomic mass is 19.1. The van der Waals surface area contributed by atoms with E-state index < -0.39 is 5.82 Å². The molecule has 108 valence electrons. The number of carbonyl (C=O) groups is 1. The molecular formula is C17H17FN2O. The lowest BCUT2D eigenvalue weighted by Crippen LogP contribution is -2.29. The molecule has 0 radical (unpaired) electrons. The molecule has 0 bridgehead atoms. The first kappa shape index (κ1) is 13.6. The maximum Gasteiger partial charge on any atom is 0.260 e. The molecule has 4 heteroatoms. The highest BCUT2D eigenvalue weighted by Crippen LogP contribution is 2.28. The van der Waals surface area contributed by atoms with Gasteiger partial charge in [0.1, 0.15) is 5.82 Å². The molecule has 3 nitrogen and oxygen atoms in total. The molecule has 0 unspecified atom stereocenters. The Balaban J connectivity index is 1.98. The molecule has 0 fully saturated rings. The molecule has 0 aromatic heterocycles. The molecule has 3 rings (SSSR count). The number of hydrogen-bond donors (Lipinski definition) is 1. The van der Waals surface area contributed by atoms with Crippen LogP contribution in [0.5, 0.6) is 0 Å². The summed E-state index contributed by atoms with van der Waals surface area (Å²) in [6, 6.07) is 12.0. The molecule has 1 aliphatic rings. The SMILES string of the molecule is CN(C(=O)c1cccc2c1NCCC2)c1ccccc1F. The van der Waals surface area contributed by atoms with E-state index in [1.54, 1.807) is 31.3 Å². The molecular weight excluding hydrogens is 267 g/mol. The Bertz CT molecular complexity index is 684. The Morgan fingerprint density at radius 2 is 2.00 bits per heavy atom. The van der Waals surface area contributed by atoms with Crippen molar-refractivity contribution in [2.45, 2.75) is 12.8 Å². The van der Waals surface area contributed by atoms with Crippen LogP contribution in [0.3, 0.4) is 0 Å². The number of para-hydroxylation sites is 2. The van der Waals surface area contributed by atoms with Crippen molar-refractivity contribution < 1.29 is 9.18 Å². The monoisotopic (exact) mass is 284 g/mol. The Morgan fingerprint density at radius 3 is 2.81 bits per heavy atom. The molecule has 2 aromatic rings. The number of aryl methyl sites for hydroxylation is 1. The van der Waals surface area contributed by atoms with Crippen molar-refractivity contribution in [2.24, 2.45) is 0 Å². The second-order valence-electron chi connectivity index (χ2n) is 5.19. The van der Waals surface area contributed by atoms with Crippen molar-refractivity contribution in [3.8, 4) is 0 Å². The van der Waals surface area contributed by atoms with Gasteiger partial charge in [-0.15, -0.1) is 0 Å². The minimum absolute atomic E-state index is 0.202. The zero-order chi connectivity index (χ0) is 14.8. The highest BCUT2D eigenvalue weighted by Gasteiger charge is 2.22. The lowest BCUT2D eigenvalue weighted by molar-refractivity contribution is 0.0993. The van der Waals surface area contributed by atoms with Gasteiger partial charge in [-0.2, -0.15) is 0 Å². The quantitative estimate of drug-likeness (QED) is 0.916. The fraction of sp³-hybridized carbons (Fsp3) is 0.235. The Hall–Kier alpha value is -2.36. The summed E-state index contributed by atoms with van der Waals surface area (Å²) >= 11 is 0. The van der Waals surface area contributed by atoms with Gasteiger partial charge in [-0.1, -0.05) is 24.3 Å². The molecule has 0 saturated carbocycles. The average molecular weight is 284 g/mol. The van der Waals surface area contributed by atoms with Crippen molar-refractivity contribution in [3.05, 3.63) is 59.4 Å². The van der Waals surface area contributed by atoms with Crippen LogP contribution in [0, 0.1) is 5.82 Å². The van der Waals surface area contributed by atoms with Gasteiger partial charge in [-0.3, -0.25) is 4.79 Å². The van der Waals surface area contributed by atoms with Gasteiger partial charge < -0.3 is 10.2 Å². The number of rotatable bonds is 2. The molecule has 1 N–H and O–H groups in total. The van der Waals surface area contributed by atoms with Crippen molar-refractivity contribution in [1.29, 1.82) is 0 Å². The van der Waals surface area contributed by atoms with Crippen molar-refractivity contribution in [3.63, 3.8) is 0 Å². The second kappa shape index (κ2) is 5.56. The van der Waals surface area contributed by atoms with Crippen LogP contribution in [0.25, 0.3) is 0 Å². The van der Waals surface area contributed by atoms with Gasteiger partial charge in [0.15, 0.2) is 0 Å². The third kappa shape index (κ3) is 2.49. The van der Waals surface area contributed by atoms with Crippen LogP contribution in [0.15, 0.2) is 42.5 Å². The minimum Gasteiger partial charge on any atom is -0.384 e. The summed E-state index contributed by atoms with van der Waals surface area (Å²) in [4.78, 5) is 14.1. The topological polar surface area (TPSA) is 32.3 Å². The largest absolute Gasteiger partial charge is 0.384 e. The Labute approximate surface area is 123 Å². The third-order valence-electron chi connectivity index (χ3n) is 3.82. The predicted octanol–water partition coefficient (Wildman–Crippen LogP) is 3.46. The van der Waals surface area contributed by atoms with Crippen molar-refractivity contribution in [2.75, 3.05) is 23.8 Å². The number of hydrogen-bond acceptors (Lipinski definition) is 2. The van der Waals surface area contributed by atoms with Crippen LogP contribution >= 0.6 is 0 Å². The summed E-state index contributed by atoms with van der Waals surface area (Å²) in [7, 11) is 1.60. The smallest absolute Gasteiger partial charge is 0.260 e. The first-order chi connectivity index (χ1) is 10.2. The number of nitrogens with zero attached hydrogens (tertiary/aromatic N) is 1. The maximum atomic E-state index is 13.8. The molecule has 0 aliphatic carbocycles. The molecule has 0 saturated heterocycles. The van der Waals surface area contributed by atoms with Crippen molar-refractivity contribution in [1.82, 2.24) is 0 Å². The van der Waals surface area contributed by atoms with E-state index in [9.17, 15) is 9.18 Å². The van der Waals surface area contributed by atoms with Crippen LogP contribution < -0.4 is 10.2 Å². The van der Waals surface area contributed by atoms with E-state index in [0.717, 1.165) is 30.6 Å². The normalized spacial score (nSPS) is 13.2. The molecule has 0 spiro atoms. The van der Waals surface area contributed by atoms with Crippen LogP contribution in [0.1, 0.15) is 22.3 Å². The summed E-state index contributed by atoms with van der Waals surface area (Å²) in [5.41, 5.74) is 2.92. The number of anilines is 2. The first-order valence-corrected chi connectivity index (χ1v) is 7.07. The number of carbonyl (C=O) groups excluding carboxylic acids is 1. The maximum absolute atomic E-state index is 13.8. The Kier molecular flexibility index (Phi) is 3.60. The molecule has 1 heterocycles. The van der Waals surface area contributed by atoms with E-state index in [4.69, 9.17) is 0 Å². The first-order valence-electron chi connectivity index (χ1n) is 7.07. The van der Waals surface area contributed by atoms with Crippen LogP contribution in [-0.4, -0.2) is 19.5 Å². The summed E-state index contributed by atoms with van der Waals surface area (Å²) in [6.07, 6.45) is 2.03. The molecule has 2 aromatic carbocycles. The molecule has 1 amide bonds. The number of halogens is 1. The van der Waals surface area contributed by atoms with Crippen molar-refractivity contribution >= 4 is 17.3 Å². The molecule has 0 atom stereocenters. The summed E-state index contributed by atoms with van der Waals surface area (Å²) < 4.78 is 13.8. The van der Waals surface area contributed by atoms with Gasteiger partial charge in [-0.05, 0) is 36.6 Å². The van der Waals surface area contributed by atoms with E-state index in [1.165, 1.54) is 11.0 Å². The van der Waals surface area contributed by atoms with E-state index in [1.807, 2.05) is 12.1 Å². The van der Waals surface area contributed by atoms with Gasteiger partial charge >= 0.3 is 0 Å². The van der Waals surface area contributed by atoms with Gasteiger partial charge in [0.25, 0.3) is 5.91 Å². The van der Waals surface area contributed by atoms with Crippen LogP contribution in [0.2, 0.25) is 0 Å². The zero-order valence-corrected chi connectivity index (χ0v) is 11.9. The highest BCUT2D eigenvalue weighted by molar-refractivity contribution is 6.09. The summed E-state index contributed by atoms with van der Waals surface area (Å²) in [5, 5.41) is 3.29. The Morgan fingerprint density at radius 1 is 1.19 bits per heavy atom. The van der Waals surface area contributed by atoms with Gasteiger partial charge in [0.2, 0.25) is 0 Å². The predicted molar refractivity (Wildman–Crippen MR) is 82.4 cm³/mol. The average Bonchev–Trinajstić information content (AvgIpc) is 2.53. The van der Waals surface area contributed by atoms with Gasteiger partial charge in [-0.25, -0.2) is 4.39 Å². The van der Waals surface area contributed by atoms with E-state index >= 15 is 0 Å². The van der Waals surface area contributed by atoms with Crippen LogP contribution in [-0.2, 0) is 6.42 Å². The third-order valence-corrected chi connectivity index (χ3v) is 3.82. The van der Waals surface area contributed by atoms with Gasteiger partial charge in [0, 0.05) is 13.6 Å². The lowest BCUT2D eigenvalue weighted by Gasteiger charge is -2.24. The lowest BCUT2D eigenvalue weighted by atomic mass is 9.98. The van der Waals surface area contributed by atoms with E-state index in [-0.39, 0.29) is 11.6 Å². The fourth-order valence-electron chi connectivity index (χ4n) is 2.70. The van der Waals surface area contributed by atoms with E-state index in [0.29, 0.717) is 5.56 Å². The number of amides is 1. The summed E-state index contributed by atoms with van der Waals surface area (Å²) in [5.74, 6) is -0.600. The standard InChI is InChI=1S/C17H17FN2O/c1-20(15-10-3-2-9-14(15)18)17(21)13-8-4-6-12-7-5-11-19-16(12)13/h2-4,6,8-10,19H,5,7,11H2,1H3. The number of benzene rings is 2. The van der Waals surface area contributed by atoms with E-state index in [2.05, 4.69) is 5.32 Å². The zero-order valence-electron chi connectivity index (χ0n) is 11.9. The number of fused-ring (bicyclic) bond motifs is 1. The minimum atomic E-state index is -0.397. The molecule has 21 heavy (non-hydrogen) atoms. The van der Waals surface area contributed by atoms with Gasteiger partial charge in [0.05, 0.1) is 16.9 Å². The van der Waals surface area contributed by atoms with Crippen LogP contribution in [0.4, 0.5) is 15.8 Å². The summed E-state index contributed by atoms with van der Waals surface area (Å²) in [6.45, 7) is 0.862. The fourth-order valence-corrected chi connectivity index (χ4v) is 2.70. The molecule has 1 aliphatic heterocycles. The second-order valence-corrected chi connectivity index (χ2v) is 5.19.